The van der Waals surface area contributed by atoms with E-state index >= 15 is 0 Å². The van der Waals surface area contributed by atoms with Crippen LogP contribution in [0, 0.1) is 5.92 Å². The number of amides is 1. The largest absolute Gasteiger partial charge is 0.416 e. The van der Waals surface area contributed by atoms with Crippen LogP contribution >= 0.6 is 0 Å². The molecule has 1 aliphatic carbocycles. The molecule has 2 aromatic rings. The van der Waals surface area contributed by atoms with Crippen molar-refractivity contribution in [1.82, 2.24) is 9.80 Å². The number of carbonyl (C=O) groups is 1. The van der Waals surface area contributed by atoms with Crippen LogP contribution in [0.3, 0.4) is 0 Å². The summed E-state index contributed by atoms with van der Waals surface area (Å²) >= 11 is 0. The summed E-state index contributed by atoms with van der Waals surface area (Å²) in [5.74, 6) is -0.577. The third kappa shape index (κ3) is 6.74. The molecule has 0 N–H and O–H groups in total. The van der Waals surface area contributed by atoms with Gasteiger partial charge in [-0.25, -0.2) is 8.42 Å². The van der Waals surface area contributed by atoms with E-state index in [0.717, 1.165) is 25.1 Å². The average Bonchev–Trinajstić information content (AvgIpc) is 2.89. The lowest BCUT2D eigenvalue weighted by atomic mass is 9.80. The molecule has 1 amide bonds. The van der Waals surface area contributed by atoms with Gasteiger partial charge in [-0.3, -0.25) is 9.69 Å². The highest BCUT2D eigenvalue weighted by atomic mass is 32.2. The molecule has 5 nitrogen and oxygen atoms in total. The van der Waals surface area contributed by atoms with E-state index in [1.165, 1.54) is 12.1 Å². The van der Waals surface area contributed by atoms with Crippen molar-refractivity contribution in [3.63, 3.8) is 0 Å². The van der Waals surface area contributed by atoms with Crippen molar-refractivity contribution in [2.45, 2.75) is 75.7 Å². The highest BCUT2D eigenvalue weighted by Gasteiger charge is 2.41. The molecule has 2 unspecified atom stereocenters. The number of hydrogen-bond donors (Lipinski definition) is 0. The number of benzene rings is 2. The highest BCUT2D eigenvalue weighted by molar-refractivity contribution is 7.91. The Balaban J connectivity index is 1.60. The summed E-state index contributed by atoms with van der Waals surface area (Å²) in [6.45, 7) is 7.59. The first-order valence-electron chi connectivity index (χ1n) is 13.6. The molecule has 39 heavy (non-hydrogen) atoms. The smallest absolute Gasteiger partial charge is 0.336 e. The minimum Gasteiger partial charge on any atom is -0.336 e. The van der Waals surface area contributed by atoms with Gasteiger partial charge in [0.2, 0.25) is 5.91 Å². The number of sulfone groups is 1. The predicted octanol–water partition coefficient (Wildman–Crippen LogP) is 6.06. The molecule has 0 bridgehead atoms. The van der Waals surface area contributed by atoms with Crippen LogP contribution in [0.15, 0.2) is 65.6 Å². The number of rotatable bonds is 8. The zero-order valence-corrected chi connectivity index (χ0v) is 23.5. The number of carbonyl (C=O) groups excluding carboxylic acids is 1. The molecular weight excluding hydrogens is 525 g/mol. The third-order valence-corrected chi connectivity index (χ3v) is 9.97. The van der Waals surface area contributed by atoms with E-state index in [-0.39, 0.29) is 34.6 Å². The Bertz CT molecular complexity index is 1290. The minimum atomic E-state index is -4.46. The maximum Gasteiger partial charge on any atom is 0.416 e. The van der Waals surface area contributed by atoms with Crippen LogP contribution in [0.2, 0.25) is 0 Å². The summed E-state index contributed by atoms with van der Waals surface area (Å²) in [4.78, 5) is 17.8. The summed E-state index contributed by atoms with van der Waals surface area (Å²) in [5.41, 5.74) is 0.215. The summed E-state index contributed by atoms with van der Waals surface area (Å²) in [5, 5.41) is 0. The molecule has 0 radical (unpaired) electrons. The second-order valence-electron chi connectivity index (χ2n) is 10.8. The van der Waals surface area contributed by atoms with E-state index in [4.69, 9.17) is 0 Å². The lowest BCUT2D eigenvalue weighted by molar-refractivity contribution is -0.137. The van der Waals surface area contributed by atoms with E-state index in [0.29, 0.717) is 43.0 Å². The van der Waals surface area contributed by atoms with Gasteiger partial charge >= 0.3 is 6.18 Å². The quantitative estimate of drug-likeness (QED) is 0.392. The fourth-order valence-corrected chi connectivity index (χ4v) is 7.96. The molecule has 2 aromatic carbocycles. The van der Waals surface area contributed by atoms with Gasteiger partial charge in [0.05, 0.1) is 16.2 Å². The van der Waals surface area contributed by atoms with Crippen molar-refractivity contribution in [2.75, 3.05) is 18.8 Å². The van der Waals surface area contributed by atoms with Gasteiger partial charge in [0, 0.05) is 30.7 Å². The van der Waals surface area contributed by atoms with Gasteiger partial charge in [0.1, 0.15) is 0 Å². The fourth-order valence-electron chi connectivity index (χ4n) is 6.27. The van der Waals surface area contributed by atoms with Crippen LogP contribution in [-0.2, 0) is 20.8 Å². The molecule has 1 heterocycles. The third-order valence-electron chi connectivity index (χ3n) is 8.11. The maximum absolute atomic E-state index is 13.4. The van der Waals surface area contributed by atoms with Crippen molar-refractivity contribution in [2.24, 2.45) is 5.92 Å². The topological polar surface area (TPSA) is 57.7 Å². The molecule has 212 valence electrons. The number of nitrogens with zero attached hydrogens (tertiary/aromatic N) is 2. The molecule has 3 atom stereocenters. The van der Waals surface area contributed by atoms with Crippen molar-refractivity contribution in [1.29, 1.82) is 0 Å². The standard InChI is InChI=1S/C30H37F3N2O3S/c1-4-34(21(2)3)26-13-14-28(24(18-26)20-39(37,38)27-11-6-5-7-12-27)35-16-15-23(19-29(35)36)22-9-8-10-25(17-22)30(31,32)33/h5-12,17,19,21,24,26,28H,4,13-16,18,20H2,1-3H3/t24-,26?,28?/m0/s1. The van der Waals surface area contributed by atoms with Gasteiger partial charge in [-0.15, -0.1) is 0 Å². The first-order valence-corrected chi connectivity index (χ1v) is 15.3. The van der Waals surface area contributed by atoms with E-state index in [1.807, 2.05) is 0 Å². The van der Waals surface area contributed by atoms with Gasteiger partial charge in [0.15, 0.2) is 9.84 Å². The minimum absolute atomic E-state index is 0.0538. The second kappa shape index (κ2) is 11.8. The van der Waals surface area contributed by atoms with Crippen LogP contribution in [0.25, 0.3) is 5.57 Å². The van der Waals surface area contributed by atoms with Gasteiger partial charge in [0.25, 0.3) is 0 Å². The van der Waals surface area contributed by atoms with E-state index < -0.39 is 21.6 Å². The normalized spacial score (nSPS) is 22.9. The van der Waals surface area contributed by atoms with Gasteiger partial charge < -0.3 is 4.90 Å². The highest BCUT2D eigenvalue weighted by Crippen LogP contribution is 2.37. The molecule has 0 spiro atoms. The first-order chi connectivity index (χ1) is 18.4. The Morgan fingerprint density at radius 2 is 1.77 bits per heavy atom. The molecule has 4 rings (SSSR count). The summed E-state index contributed by atoms with van der Waals surface area (Å²) < 4.78 is 66.5. The zero-order valence-electron chi connectivity index (χ0n) is 22.7. The Morgan fingerprint density at radius 3 is 2.38 bits per heavy atom. The number of hydrogen-bond acceptors (Lipinski definition) is 4. The van der Waals surface area contributed by atoms with Crippen molar-refractivity contribution < 1.29 is 26.4 Å². The van der Waals surface area contributed by atoms with E-state index in [2.05, 4.69) is 25.7 Å². The lowest BCUT2D eigenvalue weighted by Crippen LogP contribution is -2.54. The lowest BCUT2D eigenvalue weighted by Gasteiger charge is -2.46. The van der Waals surface area contributed by atoms with E-state index in [9.17, 15) is 26.4 Å². The van der Waals surface area contributed by atoms with Crippen molar-refractivity contribution >= 4 is 21.3 Å². The van der Waals surface area contributed by atoms with Crippen LogP contribution in [0.5, 0.6) is 0 Å². The predicted molar refractivity (Wildman–Crippen MR) is 147 cm³/mol. The van der Waals surface area contributed by atoms with Crippen LogP contribution < -0.4 is 0 Å². The zero-order chi connectivity index (χ0) is 28.4. The van der Waals surface area contributed by atoms with Gasteiger partial charge in [-0.05, 0) is 87.4 Å². The molecule has 0 aromatic heterocycles. The molecule has 1 saturated carbocycles. The monoisotopic (exact) mass is 562 g/mol. The summed E-state index contributed by atoms with van der Waals surface area (Å²) in [7, 11) is -3.58. The Kier molecular flexibility index (Phi) is 8.91. The van der Waals surface area contributed by atoms with Crippen LogP contribution in [0.4, 0.5) is 13.2 Å². The Hall–Kier alpha value is -2.65. The Labute approximate surface area is 229 Å². The SMILES string of the molecule is CCN(C(C)C)C1CCC(N2CCC(c3cccc(C(F)(F)F)c3)=CC2=O)[C@H](CS(=O)(=O)c2ccccc2)C1. The molecule has 1 aliphatic heterocycles. The van der Waals surface area contributed by atoms with Gasteiger partial charge in [-0.2, -0.15) is 13.2 Å². The number of halogens is 3. The molecule has 1 fully saturated rings. The molecule has 0 saturated heterocycles. The number of alkyl halides is 3. The first kappa shape index (κ1) is 29.3. The molecule has 2 aliphatic rings. The average molecular weight is 563 g/mol. The van der Waals surface area contributed by atoms with Crippen molar-refractivity contribution in [3.8, 4) is 0 Å². The van der Waals surface area contributed by atoms with Crippen LogP contribution in [0.1, 0.15) is 57.6 Å². The molecule has 9 heteroatoms. The summed E-state index contributed by atoms with van der Waals surface area (Å²) in [6.07, 6.45) is -0.414. The van der Waals surface area contributed by atoms with Crippen LogP contribution in [-0.4, -0.2) is 61.1 Å². The summed E-state index contributed by atoms with van der Waals surface area (Å²) in [6, 6.07) is 13.7. The Morgan fingerprint density at radius 1 is 1.05 bits per heavy atom. The van der Waals surface area contributed by atoms with Gasteiger partial charge in [-0.1, -0.05) is 37.3 Å². The molecular formula is C30H37F3N2O3S. The van der Waals surface area contributed by atoms with Crippen molar-refractivity contribution in [3.05, 3.63) is 71.8 Å². The maximum atomic E-state index is 13.4. The van der Waals surface area contributed by atoms with E-state index in [1.54, 1.807) is 41.3 Å². The fraction of sp³-hybridized carbons (Fsp3) is 0.500. The second-order valence-corrected chi connectivity index (χ2v) is 12.9.